The van der Waals surface area contributed by atoms with E-state index in [1.54, 1.807) is 18.2 Å². The minimum atomic E-state index is -1.20. The number of aromatic amines is 1. The second kappa shape index (κ2) is 12.9. The normalized spacial score (nSPS) is 20.2. The summed E-state index contributed by atoms with van der Waals surface area (Å²) in [6, 6.07) is 7.38. The van der Waals surface area contributed by atoms with E-state index in [0.29, 0.717) is 41.9 Å². The van der Waals surface area contributed by atoms with E-state index in [2.05, 4.69) is 21.4 Å². The summed E-state index contributed by atoms with van der Waals surface area (Å²) in [5.74, 6) is -3.14. The number of carbonyl (C=O) groups is 3. The van der Waals surface area contributed by atoms with Gasteiger partial charge < -0.3 is 24.9 Å². The largest absolute Gasteiger partial charge is 0.480 e. The van der Waals surface area contributed by atoms with Crippen molar-refractivity contribution in [3.63, 3.8) is 0 Å². The molecular weight excluding hydrogens is 600 g/mol. The van der Waals surface area contributed by atoms with Crippen LogP contribution in [0.1, 0.15) is 66.9 Å². The molecule has 2 aromatic carbocycles. The fraction of sp³-hybridized carbons (Fsp3) is 0.367. The lowest BCUT2D eigenvalue weighted by Crippen LogP contribution is -2.42. The number of esters is 1. The van der Waals surface area contributed by atoms with Crippen LogP contribution in [0.25, 0.3) is 11.3 Å². The van der Waals surface area contributed by atoms with E-state index in [4.69, 9.17) is 21.1 Å². The molecule has 11 nitrogen and oxygen atoms in total. The molecule has 2 aliphatic rings. The number of carboxylic acids is 1. The van der Waals surface area contributed by atoms with Gasteiger partial charge in [-0.25, -0.2) is 23.4 Å². The summed E-state index contributed by atoms with van der Waals surface area (Å²) >= 11 is 5.84. The van der Waals surface area contributed by atoms with E-state index in [0.717, 1.165) is 12.1 Å². The number of halogens is 3. The number of methoxy groups -OCH3 is 1. The smallest absolute Gasteiger partial charge is 0.411 e. The molecule has 0 spiro atoms. The molecule has 230 valence electrons. The molecule has 1 amide bonds. The quantitative estimate of drug-likeness (QED) is 0.240. The Morgan fingerprint density at radius 2 is 2.00 bits per heavy atom. The second-order valence-electron chi connectivity index (χ2n) is 10.5. The zero-order chi connectivity index (χ0) is 31.5. The molecule has 3 atom stereocenters. The van der Waals surface area contributed by atoms with Crippen molar-refractivity contribution in [1.29, 1.82) is 5.26 Å². The van der Waals surface area contributed by atoms with Gasteiger partial charge in [-0.05, 0) is 36.6 Å². The summed E-state index contributed by atoms with van der Waals surface area (Å²) in [5.41, 5.74) is 1.24. The van der Waals surface area contributed by atoms with Gasteiger partial charge in [-0.15, -0.1) is 0 Å². The van der Waals surface area contributed by atoms with Crippen LogP contribution in [0.15, 0.2) is 30.3 Å². The highest BCUT2D eigenvalue weighted by atomic mass is 35.5. The maximum Gasteiger partial charge on any atom is 0.411 e. The highest BCUT2D eigenvalue weighted by Gasteiger charge is 2.38. The first-order valence-corrected chi connectivity index (χ1v) is 14.3. The summed E-state index contributed by atoms with van der Waals surface area (Å²) in [6.45, 7) is 0.0598. The van der Waals surface area contributed by atoms with E-state index in [-0.39, 0.29) is 42.2 Å². The number of cyclic esters (lactones) is 1. The minimum absolute atomic E-state index is 0.00575. The number of aromatic nitrogens is 2. The molecule has 0 saturated carbocycles. The molecule has 14 heteroatoms. The van der Waals surface area contributed by atoms with Crippen molar-refractivity contribution in [2.45, 2.75) is 56.7 Å². The number of nitrogens with one attached hydrogen (secondary N) is 2. The van der Waals surface area contributed by atoms with Crippen molar-refractivity contribution in [2.24, 2.45) is 0 Å². The number of rotatable bonds is 5. The van der Waals surface area contributed by atoms with Crippen molar-refractivity contribution < 1.29 is 37.7 Å². The summed E-state index contributed by atoms with van der Waals surface area (Å²) in [4.78, 5) is 46.4. The molecule has 3 aromatic rings. The molecule has 1 unspecified atom stereocenters. The number of carbonyl (C=O) groups excluding carboxylic acids is 2. The Morgan fingerprint density at radius 1 is 1.23 bits per heavy atom. The molecule has 1 saturated heterocycles. The summed E-state index contributed by atoms with van der Waals surface area (Å²) in [6.07, 6.45) is -0.487. The fourth-order valence-corrected chi connectivity index (χ4v) is 5.76. The number of nitriles is 1. The van der Waals surface area contributed by atoms with Crippen LogP contribution < -0.4 is 5.32 Å². The van der Waals surface area contributed by atoms with Crippen LogP contribution in [-0.2, 0) is 25.5 Å². The summed E-state index contributed by atoms with van der Waals surface area (Å²) < 4.78 is 39.5. The number of hydrogen-bond acceptors (Lipinski definition) is 8. The Morgan fingerprint density at radius 3 is 2.70 bits per heavy atom. The Hall–Kier alpha value is -4.70. The predicted molar refractivity (Wildman–Crippen MR) is 153 cm³/mol. The van der Waals surface area contributed by atoms with Crippen molar-refractivity contribution in [1.82, 2.24) is 14.9 Å². The summed E-state index contributed by atoms with van der Waals surface area (Å²) in [5, 5.41) is 22.7. The molecule has 2 aliphatic heterocycles. The highest BCUT2D eigenvalue weighted by Crippen LogP contribution is 2.39. The first-order valence-electron chi connectivity index (χ1n) is 13.9. The van der Waals surface area contributed by atoms with Gasteiger partial charge in [0.1, 0.15) is 29.9 Å². The number of benzene rings is 2. The molecule has 3 heterocycles. The van der Waals surface area contributed by atoms with Crippen LogP contribution in [0.4, 0.5) is 19.3 Å². The Balaban J connectivity index is 1.52. The van der Waals surface area contributed by atoms with Crippen molar-refractivity contribution in [2.75, 3.05) is 19.0 Å². The van der Waals surface area contributed by atoms with E-state index >= 15 is 0 Å². The number of aliphatic carboxylic acids is 1. The molecule has 3 N–H and O–H groups in total. The molecule has 0 radical (unpaired) electrons. The van der Waals surface area contributed by atoms with Crippen molar-refractivity contribution >= 4 is 35.3 Å². The van der Waals surface area contributed by atoms with Gasteiger partial charge in [0.15, 0.2) is 11.5 Å². The zero-order valence-corrected chi connectivity index (χ0v) is 24.3. The number of carboxylic acid groups (broad SMARTS) is 1. The molecular formula is C30H28ClF2N5O6. The SMILES string of the molecule is COC(=O)Cc1ccc2c(c1)N[C@@H](C(=O)O)CCCC[C@H](N1CCC(c3c(F)ccc(Cl)c3F)OC1=O)c1nc(C#N)c-2[nH]1. The predicted octanol–water partition coefficient (Wildman–Crippen LogP) is 5.66. The standard InChI is InChI=1S/C30H28ClF2N5O6/c1-43-24(39)13-15-6-7-16-20(12-15)35-19(29(40)41)4-2-3-5-22(28-36-21(14-34)27(16)37-28)38-11-10-23(44-30(38)42)25-18(32)9-8-17(31)26(25)33/h6-9,12,19,22-23,35H,2-5,10-11,13H2,1H3,(H,36,37)(H,40,41)/t19-,22+,23?/m1/s1. The lowest BCUT2D eigenvalue weighted by atomic mass is 9.99. The molecule has 0 aliphatic carbocycles. The van der Waals surface area contributed by atoms with Crippen LogP contribution in [0.5, 0.6) is 0 Å². The first-order chi connectivity index (χ1) is 21.1. The minimum Gasteiger partial charge on any atom is -0.480 e. The van der Waals surface area contributed by atoms with Gasteiger partial charge in [0, 0.05) is 24.2 Å². The lowest BCUT2D eigenvalue weighted by molar-refractivity contribution is -0.140. The van der Waals surface area contributed by atoms with E-state index < -0.39 is 53.4 Å². The number of ether oxygens (including phenoxy) is 2. The van der Waals surface area contributed by atoms with E-state index in [1.807, 2.05) is 0 Å². The summed E-state index contributed by atoms with van der Waals surface area (Å²) in [7, 11) is 1.27. The number of imidazole rings is 1. The van der Waals surface area contributed by atoms with Gasteiger partial charge in [-0.1, -0.05) is 36.6 Å². The van der Waals surface area contributed by atoms with Crippen LogP contribution in [0.2, 0.25) is 5.02 Å². The Kier molecular flexibility index (Phi) is 9.01. The van der Waals surface area contributed by atoms with Gasteiger partial charge >= 0.3 is 18.0 Å². The van der Waals surface area contributed by atoms with Crippen molar-refractivity contribution in [3.05, 3.63) is 69.6 Å². The monoisotopic (exact) mass is 627 g/mol. The Bertz CT molecular complexity index is 1660. The highest BCUT2D eigenvalue weighted by molar-refractivity contribution is 6.30. The number of anilines is 1. The van der Waals surface area contributed by atoms with Gasteiger partial charge in [0.25, 0.3) is 0 Å². The second-order valence-corrected chi connectivity index (χ2v) is 10.9. The van der Waals surface area contributed by atoms with Crippen LogP contribution in [0, 0.1) is 23.0 Å². The number of amides is 1. The number of fused-ring (bicyclic) bond motifs is 4. The lowest BCUT2D eigenvalue weighted by Gasteiger charge is -2.36. The Labute approximate surface area is 255 Å². The van der Waals surface area contributed by atoms with E-state index in [1.165, 1.54) is 12.0 Å². The number of H-pyrrole nitrogens is 1. The van der Waals surface area contributed by atoms with Gasteiger partial charge in [0.2, 0.25) is 0 Å². The molecule has 44 heavy (non-hydrogen) atoms. The maximum atomic E-state index is 14.7. The third-order valence-electron chi connectivity index (χ3n) is 7.81. The van der Waals surface area contributed by atoms with Crippen LogP contribution in [0.3, 0.4) is 0 Å². The third-order valence-corrected chi connectivity index (χ3v) is 8.10. The van der Waals surface area contributed by atoms with E-state index in [9.17, 15) is 33.5 Å². The molecule has 2 bridgehead atoms. The zero-order valence-electron chi connectivity index (χ0n) is 23.5. The van der Waals surface area contributed by atoms with Crippen LogP contribution >= 0.6 is 11.6 Å². The number of nitrogens with zero attached hydrogens (tertiary/aromatic N) is 3. The maximum absolute atomic E-state index is 14.7. The molecule has 1 aromatic heterocycles. The molecule has 1 fully saturated rings. The van der Waals surface area contributed by atoms with Crippen molar-refractivity contribution in [3.8, 4) is 17.3 Å². The average molecular weight is 628 g/mol. The third kappa shape index (κ3) is 6.16. The first kappa shape index (κ1) is 30.7. The molecule has 5 rings (SSSR count). The number of hydrogen-bond donors (Lipinski definition) is 3. The fourth-order valence-electron chi connectivity index (χ4n) is 5.59. The average Bonchev–Trinajstić information content (AvgIpc) is 3.42. The van der Waals surface area contributed by atoms with Crippen LogP contribution in [-0.4, -0.2) is 57.7 Å². The topological polar surface area (TPSA) is 158 Å². The van der Waals surface area contributed by atoms with Gasteiger partial charge in [-0.3, -0.25) is 9.69 Å². The van der Waals surface area contributed by atoms with Gasteiger partial charge in [-0.2, -0.15) is 5.26 Å². The van der Waals surface area contributed by atoms with Gasteiger partial charge in [0.05, 0.1) is 35.9 Å².